The third kappa shape index (κ3) is 4.22. The van der Waals surface area contributed by atoms with E-state index in [1.807, 2.05) is 47.4 Å². The van der Waals surface area contributed by atoms with Gasteiger partial charge < -0.3 is 9.80 Å². The van der Waals surface area contributed by atoms with Crippen molar-refractivity contribution in [2.45, 2.75) is 16.2 Å². The first kappa shape index (κ1) is 17.5. The second kappa shape index (κ2) is 8.19. The highest BCUT2D eigenvalue weighted by atomic mass is 32.2. The number of hydrogen-bond acceptors (Lipinski definition) is 4. The van der Waals surface area contributed by atoms with E-state index in [0.717, 1.165) is 42.4 Å². The molecule has 2 aromatic carbocycles. The number of nitrogens with zero attached hydrogens (tertiary/aromatic N) is 3. The zero-order valence-corrected chi connectivity index (χ0v) is 15.1. The first-order valence-corrected chi connectivity index (χ1v) is 9.24. The van der Waals surface area contributed by atoms with Crippen LogP contribution < -0.4 is 0 Å². The number of rotatable bonds is 3. The molecule has 128 valence electrons. The van der Waals surface area contributed by atoms with Crippen LogP contribution >= 0.6 is 11.8 Å². The standard InChI is InChI=1S/C20H21N3OS/c1-22-11-6-12-23(14-13-22)20(24)17-8-3-5-10-19(17)25-18-9-4-2-7-16(18)15-21/h2-5,7-10H,6,11-14H2,1H3. The van der Waals surface area contributed by atoms with Crippen molar-refractivity contribution in [3.05, 3.63) is 59.7 Å². The molecule has 1 saturated heterocycles. The molecule has 0 bridgehead atoms. The molecule has 2 aromatic rings. The first-order chi connectivity index (χ1) is 12.2. The summed E-state index contributed by atoms with van der Waals surface area (Å²) in [4.78, 5) is 19.0. The summed E-state index contributed by atoms with van der Waals surface area (Å²) in [5, 5.41) is 9.29. The molecular formula is C20H21N3OS. The summed E-state index contributed by atoms with van der Waals surface area (Å²) >= 11 is 1.48. The first-order valence-electron chi connectivity index (χ1n) is 8.43. The smallest absolute Gasteiger partial charge is 0.255 e. The fraction of sp³-hybridized carbons (Fsp3) is 0.300. The molecule has 0 N–H and O–H groups in total. The quantitative estimate of drug-likeness (QED) is 0.849. The Balaban J connectivity index is 1.86. The van der Waals surface area contributed by atoms with Crippen LogP contribution in [0.5, 0.6) is 0 Å². The number of nitriles is 1. The number of likely N-dealkylation sites (N-methyl/N-ethyl adjacent to an activating group) is 1. The molecule has 1 aliphatic heterocycles. The number of amides is 1. The van der Waals surface area contributed by atoms with Crippen molar-refractivity contribution in [1.82, 2.24) is 9.80 Å². The van der Waals surface area contributed by atoms with Crippen molar-refractivity contribution >= 4 is 17.7 Å². The lowest BCUT2D eigenvalue weighted by Gasteiger charge is -2.22. The maximum atomic E-state index is 13.1. The Morgan fingerprint density at radius 2 is 1.72 bits per heavy atom. The van der Waals surface area contributed by atoms with Gasteiger partial charge in [-0.3, -0.25) is 4.79 Å². The lowest BCUT2D eigenvalue weighted by Crippen LogP contribution is -2.34. The third-order valence-corrected chi connectivity index (χ3v) is 5.50. The van der Waals surface area contributed by atoms with Crippen LogP contribution in [0.3, 0.4) is 0 Å². The minimum Gasteiger partial charge on any atom is -0.337 e. The number of hydrogen-bond donors (Lipinski definition) is 0. The molecule has 0 aromatic heterocycles. The predicted octanol–water partition coefficient (Wildman–Crippen LogP) is 3.49. The lowest BCUT2D eigenvalue weighted by atomic mass is 10.2. The highest BCUT2D eigenvalue weighted by Gasteiger charge is 2.21. The molecular weight excluding hydrogens is 330 g/mol. The Kier molecular flexibility index (Phi) is 5.75. The summed E-state index contributed by atoms with van der Waals surface area (Å²) in [7, 11) is 2.09. The van der Waals surface area contributed by atoms with E-state index in [9.17, 15) is 10.1 Å². The molecule has 0 unspecified atom stereocenters. The molecule has 0 radical (unpaired) electrons. The molecule has 3 rings (SSSR count). The van der Waals surface area contributed by atoms with E-state index in [1.54, 1.807) is 6.07 Å². The molecule has 1 heterocycles. The SMILES string of the molecule is CN1CCCN(C(=O)c2ccccc2Sc2ccccc2C#N)CC1. The topological polar surface area (TPSA) is 47.3 Å². The third-order valence-electron chi connectivity index (χ3n) is 4.35. The van der Waals surface area contributed by atoms with Crippen molar-refractivity contribution in [1.29, 1.82) is 5.26 Å². The van der Waals surface area contributed by atoms with Gasteiger partial charge in [-0.1, -0.05) is 36.0 Å². The van der Waals surface area contributed by atoms with Crippen molar-refractivity contribution in [3.63, 3.8) is 0 Å². The average molecular weight is 351 g/mol. The molecule has 1 amide bonds. The van der Waals surface area contributed by atoms with Crippen LogP contribution in [0.15, 0.2) is 58.3 Å². The van der Waals surface area contributed by atoms with Crippen molar-refractivity contribution in [3.8, 4) is 6.07 Å². The van der Waals surface area contributed by atoms with Crippen molar-refractivity contribution in [2.24, 2.45) is 0 Å². The Hall–Kier alpha value is -2.29. The van der Waals surface area contributed by atoms with Crippen molar-refractivity contribution in [2.75, 3.05) is 33.2 Å². The van der Waals surface area contributed by atoms with Gasteiger partial charge >= 0.3 is 0 Å². The highest BCUT2D eigenvalue weighted by Crippen LogP contribution is 2.33. The minimum absolute atomic E-state index is 0.0767. The second-order valence-corrected chi connectivity index (χ2v) is 7.24. The van der Waals surface area contributed by atoms with Crippen molar-refractivity contribution < 1.29 is 4.79 Å². The average Bonchev–Trinajstić information content (AvgIpc) is 2.86. The monoisotopic (exact) mass is 351 g/mol. The number of benzene rings is 2. The van der Waals surface area contributed by atoms with E-state index in [-0.39, 0.29) is 5.91 Å². The fourth-order valence-corrected chi connectivity index (χ4v) is 3.94. The molecule has 1 aliphatic rings. The van der Waals surface area contributed by atoms with Gasteiger partial charge in [0, 0.05) is 29.4 Å². The summed E-state index contributed by atoms with van der Waals surface area (Å²) in [5.41, 5.74) is 1.34. The molecule has 25 heavy (non-hydrogen) atoms. The summed E-state index contributed by atoms with van der Waals surface area (Å²) in [6.07, 6.45) is 0.995. The van der Waals surface area contributed by atoms with Gasteiger partial charge in [-0.25, -0.2) is 0 Å². The largest absolute Gasteiger partial charge is 0.337 e. The van der Waals surface area contributed by atoms with E-state index in [1.165, 1.54) is 11.8 Å². The van der Waals surface area contributed by atoms with Gasteiger partial charge in [0.05, 0.1) is 11.1 Å². The van der Waals surface area contributed by atoms with Crippen LogP contribution in [0, 0.1) is 11.3 Å². The molecule has 0 aliphatic carbocycles. The molecule has 5 heteroatoms. The van der Waals surface area contributed by atoms with E-state index < -0.39 is 0 Å². The summed E-state index contributed by atoms with van der Waals surface area (Å²) in [6, 6.07) is 17.4. The van der Waals surface area contributed by atoms with Gasteiger partial charge in [0.25, 0.3) is 5.91 Å². The van der Waals surface area contributed by atoms with E-state index in [4.69, 9.17) is 0 Å². The maximum absolute atomic E-state index is 13.1. The maximum Gasteiger partial charge on any atom is 0.255 e. The van der Waals surface area contributed by atoms with Crippen LogP contribution in [-0.4, -0.2) is 48.9 Å². The summed E-state index contributed by atoms with van der Waals surface area (Å²) in [5.74, 6) is 0.0767. The van der Waals surface area contributed by atoms with Crippen LogP contribution in [0.2, 0.25) is 0 Å². The molecule has 0 spiro atoms. The van der Waals surface area contributed by atoms with Gasteiger partial charge in [0.1, 0.15) is 6.07 Å². The zero-order valence-electron chi connectivity index (χ0n) is 14.3. The van der Waals surface area contributed by atoms with E-state index in [0.29, 0.717) is 11.1 Å². The Morgan fingerprint density at radius 1 is 1.00 bits per heavy atom. The van der Waals surface area contributed by atoms with Crippen LogP contribution in [0.4, 0.5) is 0 Å². The number of carbonyl (C=O) groups excluding carboxylic acids is 1. The molecule has 1 fully saturated rings. The van der Waals surface area contributed by atoms with Gasteiger partial charge in [-0.2, -0.15) is 5.26 Å². The van der Waals surface area contributed by atoms with Gasteiger partial charge in [0.2, 0.25) is 0 Å². The normalized spacial score (nSPS) is 15.4. The zero-order chi connectivity index (χ0) is 17.6. The predicted molar refractivity (Wildman–Crippen MR) is 99.7 cm³/mol. The Labute approximate surface area is 153 Å². The van der Waals surface area contributed by atoms with Gasteiger partial charge in [0.15, 0.2) is 0 Å². The van der Waals surface area contributed by atoms with Crippen LogP contribution in [-0.2, 0) is 0 Å². The van der Waals surface area contributed by atoms with Gasteiger partial charge in [-0.15, -0.1) is 0 Å². The van der Waals surface area contributed by atoms with E-state index >= 15 is 0 Å². The Morgan fingerprint density at radius 3 is 2.52 bits per heavy atom. The van der Waals surface area contributed by atoms with E-state index in [2.05, 4.69) is 18.0 Å². The number of carbonyl (C=O) groups is 1. The summed E-state index contributed by atoms with van der Waals surface area (Å²) in [6.45, 7) is 3.47. The minimum atomic E-state index is 0.0767. The van der Waals surface area contributed by atoms with Crippen LogP contribution in [0.1, 0.15) is 22.3 Å². The molecule has 0 saturated carbocycles. The second-order valence-electron chi connectivity index (χ2n) is 6.16. The summed E-state index contributed by atoms with van der Waals surface area (Å²) < 4.78 is 0. The molecule has 4 nitrogen and oxygen atoms in total. The Bertz CT molecular complexity index is 800. The molecule has 0 atom stereocenters. The van der Waals surface area contributed by atoms with Gasteiger partial charge in [-0.05, 0) is 44.3 Å². The fourth-order valence-electron chi connectivity index (χ4n) is 2.92. The highest BCUT2D eigenvalue weighted by molar-refractivity contribution is 7.99. The van der Waals surface area contributed by atoms with Crippen LogP contribution in [0.25, 0.3) is 0 Å². The lowest BCUT2D eigenvalue weighted by molar-refractivity contribution is 0.0759.